The molecule has 2 nitrogen and oxygen atoms in total. The molecular weight excluding hydrogens is 638 g/mol. The van der Waals surface area contributed by atoms with E-state index in [-0.39, 0.29) is 0 Å². The molecular formula is C40H42Cl2N2Ni. The molecule has 0 bridgehead atoms. The van der Waals surface area contributed by atoms with Gasteiger partial charge in [-0.25, -0.2) is 9.98 Å². The van der Waals surface area contributed by atoms with E-state index in [1.54, 1.807) is 0 Å². The number of hydrogen-bond donors (Lipinski definition) is 0. The van der Waals surface area contributed by atoms with Gasteiger partial charge < -0.3 is 0 Å². The molecule has 0 aliphatic rings. The molecule has 0 aliphatic heterocycles. The van der Waals surface area contributed by atoms with Crippen LogP contribution in [0.4, 0.5) is 11.4 Å². The van der Waals surface area contributed by atoms with Crippen LogP contribution >= 0.6 is 20.4 Å². The molecule has 0 heterocycles. The Balaban J connectivity index is 0.00000128. The van der Waals surface area contributed by atoms with Crippen molar-refractivity contribution in [1.82, 2.24) is 0 Å². The molecule has 6 rings (SSSR count). The molecule has 0 aromatic heterocycles. The van der Waals surface area contributed by atoms with Gasteiger partial charge in [0.1, 0.15) is 0 Å². The fourth-order valence-corrected chi connectivity index (χ4v) is 6.54. The molecule has 0 radical (unpaired) electrons. The zero-order valence-corrected chi connectivity index (χ0v) is 29.9. The van der Waals surface area contributed by atoms with E-state index in [1.807, 2.05) is 0 Å². The van der Waals surface area contributed by atoms with Crippen molar-refractivity contribution in [3.63, 3.8) is 0 Å². The van der Waals surface area contributed by atoms with Crippen LogP contribution in [-0.4, -0.2) is 0 Å². The van der Waals surface area contributed by atoms with Gasteiger partial charge in [-0.3, -0.25) is 0 Å². The van der Waals surface area contributed by atoms with Crippen molar-refractivity contribution in [2.75, 3.05) is 0 Å². The minimum absolute atomic E-state index is 0.354. The van der Waals surface area contributed by atoms with Crippen molar-refractivity contribution < 1.29 is 12.7 Å². The molecule has 6 aromatic rings. The quantitative estimate of drug-likeness (QED) is 0.124. The minimum atomic E-state index is 0.354. The predicted octanol–water partition coefficient (Wildman–Crippen LogP) is 12.4. The summed E-state index contributed by atoms with van der Waals surface area (Å²) in [6.07, 6.45) is 0. The molecule has 236 valence electrons. The zero-order chi connectivity index (χ0) is 32.4. The molecule has 0 N–H and O–H groups in total. The van der Waals surface area contributed by atoms with Gasteiger partial charge >= 0.3 is 33.0 Å². The van der Waals surface area contributed by atoms with Crippen molar-refractivity contribution in [3.8, 4) is 0 Å². The molecule has 0 amide bonds. The molecule has 0 fully saturated rings. The zero-order valence-electron chi connectivity index (χ0n) is 27.4. The average molecular weight is 680 g/mol. The average Bonchev–Trinajstić information content (AvgIpc) is 3.01. The van der Waals surface area contributed by atoms with E-state index in [2.05, 4.69) is 140 Å². The Morgan fingerprint density at radius 1 is 0.444 bits per heavy atom. The summed E-state index contributed by atoms with van der Waals surface area (Å²) in [6, 6.07) is 31.1. The standard InChI is InChI=1S/C40H42N2.2ClH.Ni/c1-23(2)29-15-11-16-30(24(3)4)37(29)41-39-33-19-9-13-27-21-22-28-14-10-20-34(36(28)35(27)33)40(39)42-38-31(25(5)6)17-12-18-32(38)26(7)8;;;/h9-26H,1-8H3;2*1H;/q;;;+2/p-2. The summed E-state index contributed by atoms with van der Waals surface area (Å²) in [5.74, 6) is 1.42. The van der Waals surface area contributed by atoms with E-state index in [0.29, 0.717) is 36.3 Å². The number of benzene rings is 6. The van der Waals surface area contributed by atoms with Gasteiger partial charge in [-0.15, -0.1) is 0 Å². The first-order chi connectivity index (χ1) is 21.6. The molecule has 6 aromatic carbocycles. The fraction of sp³-hybridized carbons (Fsp3) is 0.300. The van der Waals surface area contributed by atoms with Crippen LogP contribution in [0.15, 0.2) is 94.9 Å². The molecule has 0 saturated heterocycles. The summed E-state index contributed by atoms with van der Waals surface area (Å²) in [5.41, 5.74) is 7.31. The summed E-state index contributed by atoms with van der Waals surface area (Å²) in [6.45, 7) is 18.1. The Morgan fingerprint density at radius 2 is 0.733 bits per heavy atom. The Kier molecular flexibility index (Phi) is 10.5. The summed E-state index contributed by atoms with van der Waals surface area (Å²) >= 11 is 0.569. The predicted molar refractivity (Wildman–Crippen MR) is 193 cm³/mol. The van der Waals surface area contributed by atoms with E-state index in [0.717, 1.165) is 32.9 Å². The van der Waals surface area contributed by atoms with Gasteiger partial charge in [0.05, 0.1) is 22.1 Å². The van der Waals surface area contributed by atoms with E-state index in [1.165, 1.54) is 43.8 Å². The van der Waals surface area contributed by atoms with Crippen LogP contribution in [0.3, 0.4) is 0 Å². The molecule has 5 heteroatoms. The number of rotatable bonds is 6. The number of hydrogen-bond acceptors (Lipinski definition) is 2. The first-order valence-electron chi connectivity index (χ1n) is 15.8. The van der Waals surface area contributed by atoms with Crippen LogP contribution in [0.1, 0.15) is 101 Å². The van der Waals surface area contributed by atoms with Gasteiger partial charge in [-0.1, -0.05) is 140 Å². The molecule has 0 unspecified atom stereocenters. The summed E-state index contributed by atoms with van der Waals surface area (Å²) in [7, 11) is 9.40. The van der Waals surface area contributed by atoms with E-state index < -0.39 is 0 Å². The second kappa shape index (κ2) is 14.2. The fourth-order valence-electron chi connectivity index (χ4n) is 6.54. The van der Waals surface area contributed by atoms with Crippen molar-refractivity contribution in [2.24, 2.45) is 9.98 Å². The normalized spacial score (nSPS) is 13.0. The van der Waals surface area contributed by atoms with Gasteiger partial charge in [0.25, 0.3) is 0 Å². The van der Waals surface area contributed by atoms with Crippen LogP contribution in [0.5, 0.6) is 0 Å². The van der Waals surface area contributed by atoms with Crippen LogP contribution in [0, 0.1) is 0 Å². The number of halogens is 2. The van der Waals surface area contributed by atoms with Gasteiger partial charge in [0.2, 0.25) is 0 Å². The third-order valence-electron chi connectivity index (χ3n) is 8.75. The second-order valence-corrected chi connectivity index (χ2v) is 14.7. The Morgan fingerprint density at radius 3 is 1.02 bits per heavy atom. The van der Waals surface area contributed by atoms with Gasteiger partial charge in [0, 0.05) is 10.8 Å². The van der Waals surface area contributed by atoms with Crippen molar-refractivity contribution >= 4 is 64.1 Å². The third-order valence-corrected chi connectivity index (χ3v) is 8.75. The van der Waals surface area contributed by atoms with Crippen LogP contribution < -0.4 is 10.7 Å². The van der Waals surface area contributed by atoms with Crippen LogP contribution in [0.25, 0.3) is 32.3 Å². The molecule has 0 spiro atoms. The Bertz CT molecular complexity index is 1880. The SMILES string of the molecule is CC(C)c1cccc(C(C)C)c1N=c1c(=Nc2c(C(C)C)cccc2C(C)C)c2cccc3ccc4cccc1c4c32.[Cl][Ni][Cl]. The van der Waals surface area contributed by atoms with Crippen LogP contribution in [0.2, 0.25) is 0 Å². The van der Waals surface area contributed by atoms with E-state index in [4.69, 9.17) is 30.4 Å². The van der Waals surface area contributed by atoms with Gasteiger partial charge in [-0.2, -0.15) is 0 Å². The molecule has 45 heavy (non-hydrogen) atoms. The summed E-state index contributed by atoms with van der Waals surface area (Å²) in [4.78, 5) is 11.4. The Hall–Kier alpha value is -2.97. The number of nitrogens with zero attached hydrogens (tertiary/aromatic N) is 2. The van der Waals surface area contributed by atoms with Crippen molar-refractivity contribution in [1.29, 1.82) is 0 Å². The topological polar surface area (TPSA) is 24.7 Å². The number of para-hydroxylation sites is 2. The third kappa shape index (κ3) is 6.51. The summed E-state index contributed by atoms with van der Waals surface area (Å²) < 4.78 is 0. The van der Waals surface area contributed by atoms with Crippen LogP contribution in [-0.2, 0) is 12.7 Å². The van der Waals surface area contributed by atoms with Crippen molar-refractivity contribution in [3.05, 3.63) is 118 Å². The maximum atomic E-state index is 5.68. The van der Waals surface area contributed by atoms with Gasteiger partial charge in [0.15, 0.2) is 0 Å². The molecule has 0 aliphatic carbocycles. The second-order valence-electron chi connectivity index (χ2n) is 13.0. The van der Waals surface area contributed by atoms with E-state index in [9.17, 15) is 0 Å². The first-order valence-corrected chi connectivity index (χ1v) is 18.5. The molecule has 0 saturated carbocycles. The monoisotopic (exact) mass is 678 g/mol. The molecule has 0 atom stereocenters. The first kappa shape index (κ1) is 33.4. The van der Waals surface area contributed by atoms with Crippen molar-refractivity contribution in [2.45, 2.75) is 79.1 Å². The van der Waals surface area contributed by atoms with Gasteiger partial charge in [-0.05, 0) is 67.5 Å². The maximum absolute atomic E-state index is 5.68. The Labute approximate surface area is 282 Å². The van der Waals surface area contributed by atoms with E-state index >= 15 is 0 Å². The summed E-state index contributed by atoms with van der Waals surface area (Å²) in [5, 5.41) is 9.30.